The number of benzene rings is 3. The van der Waals surface area contributed by atoms with Gasteiger partial charge in [-0.2, -0.15) is 5.10 Å². The molecule has 0 fully saturated rings. The molecule has 2 heterocycles. The van der Waals surface area contributed by atoms with Gasteiger partial charge in [-0.05, 0) is 49.7 Å². The number of aryl methyl sites for hydroxylation is 2. The molecule has 5 rings (SSSR count). The minimum Gasteiger partial charge on any atom is -0.306 e. The number of para-hydroxylation sites is 1. The molecule has 0 radical (unpaired) electrons. The molecule has 2 amide bonds. The summed E-state index contributed by atoms with van der Waals surface area (Å²) in [6.45, 7) is 3.81. The number of nitrogens with one attached hydrogen (secondary N) is 1. The fraction of sp³-hybridized carbons (Fsp3) is 0.0833. The molecule has 3 aromatic carbocycles. The van der Waals surface area contributed by atoms with Gasteiger partial charge in [0, 0.05) is 21.8 Å². The second kappa shape index (κ2) is 7.94. The topological polar surface area (TPSA) is 75.4 Å². The van der Waals surface area contributed by atoms with Crippen LogP contribution in [0.25, 0.3) is 5.69 Å². The van der Waals surface area contributed by atoms with Gasteiger partial charge in [-0.1, -0.05) is 54.1 Å². The van der Waals surface area contributed by atoms with Crippen molar-refractivity contribution in [2.45, 2.75) is 13.8 Å². The van der Waals surface area contributed by atoms with E-state index in [1.807, 2.05) is 79.1 Å². The average molecular weight is 443 g/mol. The van der Waals surface area contributed by atoms with Crippen molar-refractivity contribution in [3.05, 3.63) is 100 Å². The van der Waals surface area contributed by atoms with Gasteiger partial charge in [-0.3, -0.25) is 4.57 Å². The van der Waals surface area contributed by atoms with Crippen LogP contribution in [0.2, 0.25) is 5.02 Å². The van der Waals surface area contributed by atoms with Gasteiger partial charge < -0.3 is 5.32 Å². The van der Waals surface area contributed by atoms with Crippen LogP contribution >= 0.6 is 11.6 Å². The predicted molar refractivity (Wildman–Crippen MR) is 126 cm³/mol. The van der Waals surface area contributed by atoms with Crippen LogP contribution < -0.4 is 10.3 Å². The zero-order valence-corrected chi connectivity index (χ0v) is 18.2. The summed E-state index contributed by atoms with van der Waals surface area (Å²) < 4.78 is 1.83. The number of hydrogen-bond acceptors (Lipinski definition) is 4. The second-order valence-corrected chi connectivity index (χ2v) is 7.90. The molecule has 0 aliphatic carbocycles. The Kier molecular flexibility index (Phi) is 4.95. The van der Waals surface area contributed by atoms with Crippen molar-refractivity contribution in [2.24, 2.45) is 5.10 Å². The first-order chi connectivity index (χ1) is 15.5. The van der Waals surface area contributed by atoms with Crippen LogP contribution in [-0.2, 0) is 0 Å². The molecule has 7 nitrogen and oxygen atoms in total. The van der Waals surface area contributed by atoms with E-state index < -0.39 is 6.03 Å². The van der Waals surface area contributed by atoms with E-state index in [-0.39, 0.29) is 0 Å². The number of anilines is 2. The SMILES string of the molecule is Cc1cccc(NC(=O)N2N=C(c3ccc(Cl)cc3)c3ccccc3-n3c(C)nnc32)c1. The molecule has 0 saturated heterocycles. The molecule has 0 spiro atoms. The van der Waals surface area contributed by atoms with Crippen LogP contribution in [0.4, 0.5) is 16.4 Å². The fourth-order valence-electron chi connectivity index (χ4n) is 3.69. The number of nitrogens with zero attached hydrogens (tertiary/aromatic N) is 5. The molecular weight excluding hydrogens is 424 g/mol. The lowest BCUT2D eigenvalue weighted by atomic mass is 10.0. The van der Waals surface area contributed by atoms with Crippen molar-refractivity contribution < 1.29 is 4.79 Å². The number of aromatic nitrogens is 3. The van der Waals surface area contributed by atoms with Crippen molar-refractivity contribution in [3.63, 3.8) is 0 Å². The molecule has 4 aromatic rings. The third-order valence-electron chi connectivity index (χ3n) is 5.18. The highest BCUT2D eigenvalue weighted by atomic mass is 35.5. The number of urea groups is 1. The zero-order valence-electron chi connectivity index (χ0n) is 17.5. The highest BCUT2D eigenvalue weighted by molar-refractivity contribution is 6.30. The molecule has 1 aromatic heterocycles. The van der Waals surface area contributed by atoms with Gasteiger partial charge >= 0.3 is 6.03 Å². The first kappa shape index (κ1) is 20.0. The average Bonchev–Trinajstić information content (AvgIpc) is 3.08. The van der Waals surface area contributed by atoms with Gasteiger partial charge in [0.15, 0.2) is 0 Å². The molecule has 0 atom stereocenters. The number of halogens is 1. The smallest absolute Gasteiger partial charge is 0.306 e. The van der Waals surface area contributed by atoms with E-state index in [4.69, 9.17) is 16.7 Å². The number of fused-ring (bicyclic) bond motifs is 3. The fourth-order valence-corrected chi connectivity index (χ4v) is 3.82. The lowest BCUT2D eigenvalue weighted by molar-refractivity contribution is 0.257. The van der Waals surface area contributed by atoms with E-state index in [1.165, 1.54) is 5.01 Å². The first-order valence-electron chi connectivity index (χ1n) is 10.1. The van der Waals surface area contributed by atoms with E-state index in [9.17, 15) is 4.79 Å². The summed E-state index contributed by atoms with van der Waals surface area (Å²) in [5, 5.41) is 18.0. The Morgan fingerprint density at radius 2 is 1.72 bits per heavy atom. The number of rotatable bonds is 2. The van der Waals surface area contributed by atoms with E-state index in [1.54, 1.807) is 12.1 Å². The normalized spacial score (nSPS) is 12.5. The quantitative estimate of drug-likeness (QED) is 0.455. The van der Waals surface area contributed by atoms with Crippen LogP contribution in [0.15, 0.2) is 77.9 Å². The van der Waals surface area contributed by atoms with Gasteiger partial charge in [-0.25, -0.2) is 4.79 Å². The molecular formula is C24H19ClN6O. The van der Waals surface area contributed by atoms with Crippen LogP contribution in [0.3, 0.4) is 0 Å². The molecule has 0 unspecified atom stereocenters. The minimum atomic E-state index is -0.441. The molecule has 1 N–H and O–H groups in total. The number of carbonyl (C=O) groups is 1. The Morgan fingerprint density at radius 1 is 0.938 bits per heavy atom. The van der Waals surface area contributed by atoms with Crippen LogP contribution in [0, 0.1) is 13.8 Å². The Balaban J connectivity index is 1.69. The van der Waals surface area contributed by atoms with E-state index in [0.29, 0.717) is 28.2 Å². The maximum Gasteiger partial charge on any atom is 0.349 e. The lowest BCUT2D eigenvalue weighted by Gasteiger charge is -2.17. The molecule has 8 heteroatoms. The summed E-state index contributed by atoms with van der Waals surface area (Å²) in [5.74, 6) is 0.956. The standard InChI is InChI=1S/C24H19ClN6O/c1-15-6-5-7-19(14-15)26-24(32)31-23-28-27-16(2)30(23)21-9-4-3-8-20(21)22(29-31)17-10-12-18(25)13-11-17/h3-14H,1-2H3,(H,26,32). The van der Waals surface area contributed by atoms with Gasteiger partial charge in [0.2, 0.25) is 0 Å². The highest BCUT2D eigenvalue weighted by Crippen LogP contribution is 2.30. The van der Waals surface area contributed by atoms with Crippen molar-refractivity contribution in [1.82, 2.24) is 14.8 Å². The van der Waals surface area contributed by atoms with Gasteiger partial charge in [0.1, 0.15) is 11.5 Å². The summed E-state index contributed by atoms with van der Waals surface area (Å²) in [4.78, 5) is 13.4. The van der Waals surface area contributed by atoms with Crippen LogP contribution in [0.1, 0.15) is 22.5 Å². The number of hydrogen-bond donors (Lipinski definition) is 1. The Morgan fingerprint density at radius 3 is 2.50 bits per heavy atom. The number of hydrazone groups is 1. The minimum absolute atomic E-state index is 0.309. The third kappa shape index (κ3) is 3.52. The van der Waals surface area contributed by atoms with Crippen molar-refractivity contribution in [2.75, 3.05) is 10.3 Å². The van der Waals surface area contributed by atoms with Crippen LogP contribution in [-0.4, -0.2) is 26.5 Å². The molecule has 1 aliphatic rings. The zero-order chi connectivity index (χ0) is 22.2. The Bertz CT molecular complexity index is 1360. The summed E-state index contributed by atoms with van der Waals surface area (Å²) in [6.07, 6.45) is 0. The molecule has 0 saturated carbocycles. The summed E-state index contributed by atoms with van der Waals surface area (Å²) in [5.41, 5.74) is 4.85. The van der Waals surface area contributed by atoms with Crippen molar-refractivity contribution >= 4 is 35.0 Å². The van der Waals surface area contributed by atoms with Gasteiger partial charge in [0.25, 0.3) is 5.95 Å². The molecule has 1 aliphatic heterocycles. The molecule has 32 heavy (non-hydrogen) atoms. The monoisotopic (exact) mass is 442 g/mol. The highest BCUT2D eigenvalue weighted by Gasteiger charge is 2.30. The predicted octanol–water partition coefficient (Wildman–Crippen LogP) is 5.34. The molecule has 0 bridgehead atoms. The van der Waals surface area contributed by atoms with Crippen LogP contribution in [0.5, 0.6) is 0 Å². The first-order valence-corrected chi connectivity index (χ1v) is 10.4. The summed E-state index contributed by atoms with van der Waals surface area (Å²) in [6, 6.07) is 22.3. The summed E-state index contributed by atoms with van der Waals surface area (Å²) in [7, 11) is 0. The maximum absolute atomic E-state index is 13.4. The number of amides is 2. The lowest BCUT2D eigenvalue weighted by Crippen LogP contribution is -2.33. The van der Waals surface area contributed by atoms with E-state index >= 15 is 0 Å². The Labute approximate surface area is 190 Å². The summed E-state index contributed by atoms with van der Waals surface area (Å²) >= 11 is 6.10. The third-order valence-corrected chi connectivity index (χ3v) is 5.43. The van der Waals surface area contributed by atoms with Gasteiger partial charge in [0.05, 0.1) is 5.69 Å². The van der Waals surface area contributed by atoms with Crippen molar-refractivity contribution in [3.8, 4) is 5.69 Å². The van der Waals surface area contributed by atoms with Crippen molar-refractivity contribution in [1.29, 1.82) is 0 Å². The molecule has 158 valence electrons. The second-order valence-electron chi connectivity index (χ2n) is 7.47. The van der Waals surface area contributed by atoms with E-state index in [0.717, 1.165) is 22.4 Å². The van der Waals surface area contributed by atoms with Gasteiger partial charge in [-0.15, -0.1) is 15.2 Å². The Hall–Kier alpha value is -3.97. The number of carbonyl (C=O) groups excluding carboxylic acids is 1. The van der Waals surface area contributed by atoms with E-state index in [2.05, 4.69) is 15.5 Å². The largest absolute Gasteiger partial charge is 0.349 e. The maximum atomic E-state index is 13.4.